The van der Waals surface area contributed by atoms with Gasteiger partial charge in [-0.2, -0.15) is 0 Å². The summed E-state index contributed by atoms with van der Waals surface area (Å²) in [5, 5.41) is 0.639. The smallest absolute Gasteiger partial charge is 0.177 e. The Morgan fingerprint density at radius 1 is 1.25 bits per heavy atom. The van der Waals surface area contributed by atoms with Gasteiger partial charge in [0, 0.05) is 16.3 Å². The maximum absolute atomic E-state index is 11.7. The predicted molar refractivity (Wildman–Crippen MR) is 64.9 cm³/mol. The lowest BCUT2D eigenvalue weighted by molar-refractivity contribution is 0.101. The van der Waals surface area contributed by atoms with Gasteiger partial charge in [0.2, 0.25) is 0 Å². The number of sulfone groups is 1. The number of hydrogen-bond donors (Lipinski definition) is 0. The number of benzene rings is 1. The van der Waals surface area contributed by atoms with Crippen LogP contribution in [0.3, 0.4) is 0 Å². The third kappa shape index (κ3) is 1.76. The largest absolute Gasteiger partial charge is 0.294 e. The average molecular weight is 254 g/mol. The summed E-state index contributed by atoms with van der Waals surface area (Å²) in [6, 6.07) is 7.15. The molecule has 0 spiro atoms. The van der Waals surface area contributed by atoms with Crippen molar-refractivity contribution >= 4 is 37.0 Å². The van der Waals surface area contributed by atoms with E-state index in [0.717, 1.165) is 11.0 Å². The molecule has 0 fully saturated rings. The molecule has 84 valence electrons. The zero-order valence-electron chi connectivity index (χ0n) is 8.85. The van der Waals surface area contributed by atoms with Crippen LogP contribution in [0.2, 0.25) is 0 Å². The van der Waals surface area contributed by atoms with Crippen LogP contribution >= 0.6 is 11.3 Å². The van der Waals surface area contributed by atoms with E-state index in [0.29, 0.717) is 10.3 Å². The first kappa shape index (κ1) is 11.3. The van der Waals surface area contributed by atoms with Gasteiger partial charge in [0.25, 0.3) is 0 Å². The van der Waals surface area contributed by atoms with Gasteiger partial charge >= 0.3 is 0 Å². The molecule has 0 atom stereocenters. The van der Waals surface area contributed by atoms with Crippen LogP contribution in [0.15, 0.2) is 29.2 Å². The molecule has 0 unspecified atom stereocenters. The second-order valence-electron chi connectivity index (χ2n) is 3.58. The first-order valence-electron chi connectivity index (χ1n) is 4.64. The van der Waals surface area contributed by atoms with E-state index in [1.165, 1.54) is 18.3 Å². The number of Topliss-reactive ketones (excluding diaryl/α,β-unsaturated/α-hetero) is 1. The summed E-state index contributed by atoms with van der Waals surface area (Å²) in [5.41, 5.74) is 0. The Morgan fingerprint density at radius 3 is 2.44 bits per heavy atom. The van der Waals surface area contributed by atoms with Crippen molar-refractivity contribution in [3.63, 3.8) is 0 Å². The second-order valence-corrected chi connectivity index (χ2v) is 6.59. The number of rotatable bonds is 2. The molecular formula is C11H10O3S2. The van der Waals surface area contributed by atoms with Gasteiger partial charge in [-0.3, -0.25) is 4.79 Å². The molecule has 3 nitrogen and oxygen atoms in total. The summed E-state index contributed by atoms with van der Waals surface area (Å²) >= 11 is 1.23. The Morgan fingerprint density at radius 2 is 1.88 bits per heavy atom. The van der Waals surface area contributed by atoms with Gasteiger partial charge in [0.05, 0.1) is 9.77 Å². The molecule has 0 aliphatic heterocycles. The van der Waals surface area contributed by atoms with E-state index in [1.807, 2.05) is 12.1 Å². The molecule has 2 aromatic rings. The lowest BCUT2D eigenvalue weighted by Gasteiger charge is -1.98. The third-order valence-corrected chi connectivity index (χ3v) is 4.81. The van der Waals surface area contributed by atoms with Gasteiger partial charge in [-0.15, -0.1) is 11.3 Å². The third-order valence-electron chi connectivity index (χ3n) is 2.24. The lowest BCUT2D eigenvalue weighted by Crippen LogP contribution is -2.02. The molecule has 1 aromatic carbocycles. The second kappa shape index (κ2) is 3.68. The van der Waals surface area contributed by atoms with E-state index >= 15 is 0 Å². The molecule has 0 N–H and O–H groups in total. The molecule has 0 saturated carbocycles. The van der Waals surface area contributed by atoms with E-state index in [9.17, 15) is 13.2 Å². The van der Waals surface area contributed by atoms with Crippen molar-refractivity contribution in [1.82, 2.24) is 0 Å². The van der Waals surface area contributed by atoms with E-state index in [1.54, 1.807) is 12.1 Å². The van der Waals surface area contributed by atoms with Crippen LogP contribution in [0.4, 0.5) is 0 Å². The van der Waals surface area contributed by atoms with Crippen molar-refractivity contribution in [1.29, 1.82) is 0 Å². The van der Waals surface area contributed by atoms with Crippen LogP contribution in [-0.2, 0) is 9.84 Å². The Kier molecular flexibility index (Phi) is 2.59. The lowest BCUT2D eigenvalue weighted by atomic mass is 10.2. The minimum Gasteiger partial charge on any atom is -0.294 e. The fraction of sp³-hybridized carbons (Fsp3) is 0.182. The highest BCUT2D eigenvalue weighted by atomic mass is 32.2. The SMILES string of the molecule is CC(=O)c1sc2ccccc2c1S(C)(=O)=O. The summed E-state index contributed by atoms with van der Waals surface area (Å²) in [7, 11) is -3.37. The minimum absolute atomic E-state index is 0.167. The molecule has 0 bridgehead atoms. The maximum atomic E-state index is 11.7. The predicted octanol–water partition coefficient (Wildman–Crippen LogP) is 2.51. The van der Waals surface area contributed by atoms with Gasteiger partial charge in [-0.05, 0) is 13.0 Å². The highest BCUT2D eigenvalue weighted by Gasteiger charge is 2.22. The van der Waals surface area contributed by atoms with Crippen molar-refractivity contribution in [2.24, 2.45) is 0 Å². The number of fused-ring (bicyclic) bond motifs is 1. The Balaban J connectivity index is 2.97. The Bertz CT molecular complexity index is 666. The van der Waals surface area contributed by atoms with Crippen molar-refractivity contribution < 1.29 is 13.2 Å². The zero-order valence-corrected chi connectivity index (χ0v) is 10.5. The molecule has 16 heavy (non-hydrogen) atoms. The van der Waals surface area contributed by atoms with Crippen molar-refractivity contribution in [2.45, 2.75) is 11.8 Å². The molecule has 5 heteroatoms. The van der Waals surface area contributed by atoms with E-state index in [-0.39, 0.29) is 10.7 Å². The van der Waals surface area contributed by atoms with Gasteiger partial charge in [0.15, 0.2) is 15.6 Å². The van der Waals surface area contributed by atoms with Gasteiger partial charge in [0.1, 0.15) is 0 Å². The normalized spacial score (nSPS) is 11.9. The summed E-state index contributed by atoms with van der Waals surface area (Å²) in [6.07, 6.45) is 1.13. The van der Waals surface area contributed by atoms with Gasteiger partial charge in [-0.25, -0.2) is 8.42 Å². The Hall–Kier alpha value is -1.20. The number of thiophene rings is 1. The molecular weight excluding hydrogens is 244 g/mol. The maximum Gasteiger partial charge on any atom is 0.177 e. The summed E-state index contributed by atoms with van der Waals surface area (Å²) in [6.45, 7) is 1.39. The molecule has 2 rings (SSSR count). The molecule has 0 aliphatic rings. The molecule has 0 radical (unpaired) electrons. The summed E-state index contributed by atoms with van der Waals surface area (Å²) in [5.74, 6) is -0.207. The highest BCUT2D eigenvalue weighted by Crippen LogP contribution is 2.34. The molecule has 1 aromatic heterocycles. The number of carbonyl (C=O) groups is 1. The van der Waals surface area contributed by atoms with Crippen molar-refractivity contribution in [3.8, 4) is 0 Å². The molecule has 0 amide bonds. The Labute approximate surface area is 97.6 Å². The van der Waals surface area contributed by atoms with Crippen molar-refractivity contribution in [3.05, 3.63) is 29.1 Å². The number of hydrogen-bond acceptors (Lipinski definition) is 4. The molecule has 0 aliphatic carbocycles. The van der Waals surface area contributed by atoms with Crippen LogP contribution in [0.5, 0.6) is 0 Å². The number of ketones is 1. The van der Waals surface area contributed by atoms with E-state index in [2.05, 4.69) is 0 Å². The van der Waals surface area contributed by atoms with Gasteiger partial charge in [-0.1, -0.05) is 18.2 Å². The monoisotopic (exact) mass is 254 g/mol. The van der Waals surface area contributed by atoms with Crippen LogP contribution in [0, 0.1) is 0 Å². The fourth-order valence-electron chi connectivity index (χ4n) is 1.62. The summed E-state index contributed by atoms with van der Waals surface area (Å²) in [4.78, 5) is 11.9. The number of carbonyl (C=O) groups excluding carboxylic acids is 1. The summed E-state index contributed by atoms with van der Waals surface area (Å²) < 4.78 is 24.2. The van der Waals surface area contributed by atoms with Crippen LogP contribution in [-0.4, -0.2) is 20.5 Å². The first-order chi connectivity index (χ1) is 7.41. The highest BCUT2D eigenvalue weighted by molar-refractivity contribution is 7.91. The topological polar surface area (TPSA) is 51.2 Å². The van der Waals surface area contributed by atoms with Crippen LogP contribution < -0.4 is 0 Å². The zero-order chi connectivity index (χ0) is 11.9. The fourth-order valence-corrected chi connectivity index (χ4v) is 4.32. The molecule has 1 heterocycles. The van der Waals surface area contributed by atoms with E-state index < -0.39 is 9.84 Å². The van der Waals surface area contributed by atoms with Crippen LogP contribution in [0.1, 0.15) is 16.6 Å². The van der Waals surface area contributed by atoms with Crippen LogP contribution in [0.25, 0.3) is 10.1 Å². The van der Waals surface area contributed by atoms with Gasteiger partial charge < -0.3 is 0 Å². The average Bonchev–Trinajstić information content (AvgIpc) is 2.55. The molecule has 0 saturated heterocycles. The van der Waals surface area contributed by atoms with Crippen molar-refractivity contribution in [2.75, 3.05) is 6.26 Å². The quantitative estimate of drug-likeness (QED) is 0.774. The first-order valence-corrected chi connectivity index (χ1v) is 7.34. The van der Waals surface area contributed by atoms with E-state index in [4.69, 9.17) is 0 Å². The minimum atomic E-state index is -3.37. The standard InChI is InChI=1S/C11H10O3S2/c1-7(12)10-11(16(2,13)14)8-5-3-4-6-9(8)15-10/h3-6H,1-2H3.